The summed E-state index contributed by atoms with van der Waals surface area (Å²) in [5.41, 5.74) is 0. The second kappa shape index (κ2) is 6.50. The summed E-state index contributed by atoms with van der Waals surface area (Å²) in [5.74, 6) is 0. The topological polar surface area (TPSA) is 40.6 Å². The molecule has 0 aromatic carbocycles. The maximum atomic E-state index is 12.4. The lowest BCUT2D eigenvalue weighted by Gasteiger charge is -2.37. The van der Waals surface area contributed by atoms with E-state index in [-0.39, 0.29) is 12.1 Å². The van der Waals surface area contributed by atoms with Crippen LogP contribution >= 0.6 is 15.9 Å². The van der Waals surface area contributed by atoms with E-state index in [1.807, 2.05) is 13.8 Å². The molecule has 0 aromatic rings. The third-order valence-electron chi connectivity index (χ3n) is 3.40. The Balaban J connectivity index is 2.86. The standard InChI is InChI=1S/C11H23BrN2O2S/c1-10(2)13(3)17(15,16)14-9-5-4-6-11(14)7-8-12/h10-11H,4-9H2,1-3H3. The van der Waals surface area contributed by atoms with Crippen molar-refractivity contribution in [2.45, 2.75) is 51.6 Å². The predicted molar refractivity (Wildman–Crippen MR) is 74.6 cm³/mol. The molecule has 102 valence electrons. The van der Waals surface area contributed by atoms with Crippen molar-refractivity contribution < 1.29 is 8.42 Å². The highest BCUT2D eigenvalue weighted by atomic mass is 79.9. The van der Waals surface area contributed by atoms with Gasteiger partial charge in [-0.2, -0.15) is 17.0 Å². The molecule has 0 N–H and O–H groups in total. The first-order valence-electron chi connectivity index (χ1n) is 6.22. The van der Waals surface area contributed by atoms with E-state index in [4.69, 9.17) is 0 Å². The number of nitrogens with zero attached hydrogens (tertiary/aromatic N) is 2. The average molecular weight is 327 g/mol. The summed E-state index contributed by atoms with van der Waals surface area (Å²) in [4.78, 5) is 0. The van der Waals surface area contributed by atoms with Crippen molar-refractivity contribution in [1.29, 1.82) is 0 Å². The third-order valence-corrected chi connectivity index (χ3v) is 6.08. The van der Waals surface area contributed by atoms with Crippen LogP contribution in [-0.4, -0.2) is 48.0 Å². The number of rotatable bonds is 5. The molecule has 6 heteroatoms. The summed E-state index contributed by atoms with van der Waals surface area (Å²) in [6.07, 6.45) is 3.99. The molecule has 1 unspecified atom stereocenters. The third kappa shape index (κ3) is 3.66. The van der Waals surface area contributed by atoms with E-state index < -0.39 is 10.2 Å². The zero-order valence-corrected chi connectivity index (χ0v) is 13.3. The first kappa shape index (κ1) is 15.4. The number of hydrogen-bond acceptors (Lipinski definition) is 2. The van der Waals surface area contributed by atoms with Crippen molar-refractivity contribution in [3.63, 3.8) is 0 Å². The largest absolute Gasteiger partial charge is 0.282 e. The molecule has 0 amide bonds. The fourth-order valence-corrected chi connectivity index (χ4v) is 4.46. The lowest BCUT2D eigenvalue weighted by atomic mass is 10.0. The maximum Gasteiger partial charge on any atom is 0.282 e. The molecule has 1 fully saturated rings. The van der Waals surface area contributed by atoms with Crippen LogP contribution in [0.2, 0.25) is 0 Å². The minimum atomic E-state index is -3.29. The lowest BCUT2D eigenvalue weighted by molar-refractivity contribution is 0.227. The average Bonchev–Trinajstić information content (AvgIpc) is 2.29. The first-order valence-corrected chi connectivity index (χ1v) is 8.74. The SMILES string of the molecule is CC(C)N(C)S(=O)(=O)N1CCCCC1CCBr. The normalized spacial score (nSPS) is 23.5. The number of hydrogen-bond donors (Lipinski definition) is 0. The number of alkyl halides is 1. The van der Waals surface area contributed by atoms with Gasteiger partial charge in [0.25, 0.3) is 10.2 Å². The number of halogens is 1. The molecule has 17 heavy (non-hydrogen) atoms. The molecule has 0 saturated carbocycles. The van der Waals surface area contributed by atoms with E-state index in [2.05, 4.69) is 15.9 Å². The Morgan fingerprint density at radius 2 is 2.06 bits per heavy atom. The lowest BCUT2D eigenvalue weighted by Crippen LogP contribution is -2.51. The van der Waals surface area contributed by atoms with Crippen LogP contribution in [0.4, 0.5) is 0 Å². The second-order valence-corrected chi connectivity index (χ2v) is 7.59. The highest BCUT2D eigenvalue weighted by Crippen LogP contribution is 2.25. The van der Waals surface area contributed by atoms with Crippen molar-refractivity contribution in [1.82, 2.24) is 8.61 Å². The Morgan fingerprint density at radius 3 is 2.59 bits per heavy atom. The molecule has 0 spiro atoms. The summed E-state index contributed by atoms with van der Waals surface area (Å²) < 4.78 is 28.1. The smallest absolute Gasteiger partial charge is 0.195 e. The maximum absolute atomic E-state index is 12.4. The Bertz CT molecular complexity index is 330. The molecule has 0 aliphatic carbocycles. The van der Waals surface area contributed by atoms with E-state index in [0.29, 0.717) is 6.54 Å². The van der Waals surface area contributed by atoms with Gasteiger partial charge in [-0.05, 0) is 33.1 Å². The van der Waals surface area contributed by atoms with Gasteiger partial charge in [0.05, 0.1) is 0 Å². The molecule has 1 heterocycles. The van der Waals surface area contributed by atoms with Crippen LogP contribution in [0, 0.1) is 0 Å². The quantitative estimate of drug-likeness (QED) is 0.727. The van der Waals surface area contributed by atoms with Crippen LogP contribution < -0.4 is 0 Å². The van der Waals surface area contributed by atoms with Gasteiger partial charge in [0.15, 0.2) is 0 Å². The first-order chi connectivity index (χ1) is 7.91. The van der Waals surface area contributed by atoms with Crippen LogP contribution in [0.25, 0.3) is 0 Å². The molecule has 1 saturated heterocycles. The van der Waals surface area contributed by atoms with Crippen LogP contribution in [0.15, 0.2) is 0 Å². The summed E-state index contributed by atoms with van der Waals surface area (Å²) in [5, 5.41) is 0.856. The van der Waals surface area contributed by atoms with Gasteiger partial charge < -0.3 is 0 Å². The monoisotopic (exact) mass is 326 g/mol. The molecule has 0 radical (unpaired) electrons. The predicted octanol–water partition coefficient (Wildman–Crippen LogP) is 2.21. The van der Waals surface area contributed by atoms with Gasteiger partial charge in [0.2, 0.25) is 0 Å². The zero-order valence-electron chi connectivity index (χ0n) is 10.9. The summed E-state index contributed by atoms with van der Waals surface area (Å²) >= 11 is 3.41. The summed E-state index contributed by atoms with van der Waals surface area (Å²) in [7, 11) is -1.62. The summed E-state index contributed by atoms with van der Waals surface area (Å²) in [6.45, 7) is 4.47. The van der Waals surface area contributed by atoms with E-state index in [1.165, 1.54) is 4.31 Å². The van der Waals surface area contributed by atoms with Crippen molar-refractivity contribution in [3.8, 4) is 0 Å². The van der Waals surface area contributed by atoms with Gasteiger partial charge in [-0.3, -0.25) is 0 Å². The molecule has 0 aromatic heterocycles. The van der Waals surface area contributed by atoms with Crippen LogP contribution in [0.1, 0.15) is 39.5 Å². The van der Waals surface area contributed by atoms with Crippen molar-refractivity contribution in [2.24, 2.45) is 0 Å². The van der Waals surface area contributed by atoms with Crippen molar-refractivity contribution in [3.05, 3.63) is 0 Å². The van der Waals surface area contributed by atoms with E-state index >= 15 is 0 Å². The van der Waals surface area contributed by atoms with Crippen molar-refractivity contribution >= 4 is 26.1 Å². The Morgan fingerprint density at radius 1 is 1.41 bits per heavy atom. The molecule has 4 nitrogen and oxygen atoms in total. The molecular formula is C11H23BrN2O2S. The van der Waals surface area contributed by atoms with Gasteiger partial charge in [0, 0.05) is 31.0 Å². The highest BCUT2D eigenvalue weighted by molar-refractivity contribution is 9.09. The van der Waals surface area contributed by atoms with Gasteiger partial charge in [-0.25, -0.2) is 0 Å². The van der Waals surface area contributed by atoms with Gasteiger partial charge in [-0.15, -0.1) is 0 Å². The molecular weight excluding hydrogens is 304 g/mol. The number of piperidine rings is 1. The molecule has 1 rings (SSSR count). The molecule has 1 aliphatic heterocycles. The van der Waals surface area contributed by atoms with Gasteiger partial charge >= 0.3 is 0 Å². The Hall–Kier alpha value is 0.350. The second-order valence-electron chi connectivity index (χ2n) is 4.86. The molecule has 1 aliphatic rings. The minimum absolute atomic E-state index is 0.00606. The van der Waals surface area contributed by atoms with E-state index in [9.17, 15) is 8.42 Å². The Kier molecular flexibility index (Phi) is 5.89. The summed E-state index contributed by atoms with van der Waals surface area (Å²) in [6, 6.07) is 0.167. The molecule has 1 atom stereocenters. The Labute approximate surface area is 114 Å². The van der Waals surface area contributed by atoms with Crippen LogP contribution in [0.5, 0.6) is 0 Å². The van der Waals surface area contributed by atoms with E-state index in [1.54, 1.807) is 11.4 Å². The van der Waals surface area contributed by atoms with E-state index in [0.717, 1.165) is 31.0 Å². The van der Waals surface area contributed by atoms with Crippen LogP contribution in [0.3, 0.4) is 0 Å². The zero-order chi connectivity index (χ0) is 13.1. The minimum Gasteiger partial charge on any atom is -0.195 e. The fraction of sp³-hybridized carbons (Fsp3) is 1.00. The highest BCUT2D eigenvalue weighted by Gasteiger charge is 2.35. The van der Waals surface area contributed by atoms with Gasteiger partial charge in [0.1, 0.15) is 0 Å². The fourth-order valence-electron chi connectivity index (χ4n) is 2.12. The van der Waals surface area contributed by atoms with Crippen LogP contribution in [-0.2, 0) is 10.2 Å². The van der Waals surface area contributed by atoms with Gasteiger partial charge in [-0.1, -0.05) is 22.4 Å². The van der Waals surface area contributed by atoms with Crippen molar-refractivity contribution in [2.75, 3.05) is 18.9 Å². The molecule has 0 bridgehead atoms.